The minimum atomic E-state index is -3.24. The van der Waals surface area contributed by atoms with Crippen molar-refractivity contribution in [2.75, 3.05) is 26.7 Å². The smallest absolute Gasteiger partial charge is 0.279 e. The summed E-state index contributed by atoms with van der Waals surface area (Å²) in [5.74, 6) is 0. The average Bonchev–Trinajstić information content (AvgIpc) is 2.53. The number of likely N-dealkylation sites (N-methyl/N-ethyl adjacent to an activating group) is 1. The van der Waals surface area contributed by atoms with Gasteiger partial charge in [-0.25, -0.2) is 4.72 Å². The van der Waals surface area contributed by atoms with E-state index in [4.69, 9.17) is 0 Å². The average molecular weight is 221 g/mol. The quantitative estimate of drug-likeness (QED) is 0.659. The van der Waals surface area contributed by atoms with Gasteiger partial charge in [-0.3, -0.25) is 0 Å². The van der Waals surface area contributed by atoms with Crippen molar-refractivity contribution < 1.29 is 8.42 Å². The molecule has 0 aromatic heterocycles. The van der Waals surface area contributed by atoms with E-state index in [0.717, 1.165) is 19.4 Å². The van der Waals surface area contributed by atoms with Crippen LogP contribution in [0.1, 0.15) is 19.8 Å². The van der Waals surface area contributed by atoms with Gasteiger partial charge in [0.25, 0.3) is 10.2 Å². The van der Waals surface area contributed by atoms with Crippen molar-refractivity contribution in [1.29, 1.82) is 0 Å². The van der Waals surface area contributed by atoms with Crippen molar-refractivity contribution in [3.63, 3.8) is 0 Å². The number of rotatable bonds is 5. The van der Waals surface area contributed by atoms with Crippen LogP contribution in [0.4, 0.5) is 0 Å². The van der Waals surface area contributed by atoms with Crippen LogP contribution < -0.4 is 10.0 Å². The Kier molecular flexibility index (Phi) is 4.31. The lowest BCUT2D eigenvalue weighted by Gasteiger charge is -2.23. The van der Waals surface area contributed by atoms with Gasteiger partial charge in [0.05, 0.1) is 0 Å². The molecule has 0 aromatic carbocycles. The number of hydrogen-bond acceptors (Lipinski definition) is 3. The van der Waals surface area contributed by atoms with Crippen molar-refractivity contribution in [1.82, 2.24) is 14.3 Å². The molecule has 0 aromatic rings. The standard InChI is InChI=1S/C8H19N3O2S/c1-3-10-14(12,13)11-6-4-5-8(11)7-9-2/h8-10H,3-7H2,1-2H3. The Morgan fingerprint density at radius 2 is 2.21 bits per heavy atom. The maximum Gasteiger partial charge on any atom is 0.279 e. The normalized spacial score (nSPS) is 24.3. The molecule has 6 heteroatoms. The summed E-state index contributed by atoms with van der Waals surface area (Å²) < 4.78 is 27.5. The molecule has 14 heavy (non-hydrogen) atoms. The molecule has 0 bridgehead atoms. The maximum atomic E-state index is 11.7. The van der Waals surface area contributed by atoms with Crippen LogP contribution in [0.5, 0.6) is 0 Å². The fourth-order valence-electron chi connectivity index (χ4n) is 1.83. The van der Waals surface area contributed by atoms with E-state index >= 15 is 0 Å². The predicted molar refractivity (Wildman–Crippen MR) is 56.3 cm³/mol. The molecule has 0 radical (unpaired) electrons. The van der Waals surface area contributed by atoms with Gasteiger partial charge in [-0.2, -0.15) is 12.7 Å². The lowest BCUT2D eigenvalue weighted by atomic mass is 10.2. The number of nitrogens with zero attached hydrogens (tertiary/aromatic N) is 1. The Balaban J connectivity index is 2.66. The molecule has 0 aliphatic carbocycles. The van der Waals surface area contributed by atoms with Crippen LogP contribution in [-0.4, -0.2) is 45.4 Å². The molecule has 84 valence electrons. The van der Waals surface area contributed by atoms with Gasteiger partial charge in [0, 0.05) is 25.7 Å². The second-order valence-electron chi connectivity index (χ2n) is 3.47. The van der Waals surface area contributed by atoms with Crippen LogP contribution in [0.3, 0.4) is 0 Å². The summed E-state index contributed by atoms with van der Waals surface area (Å²) in [4.78, 5) is 0. The lowest BCUT2D eigenvalue weighted by molar-refractivity contribution is 0.373. The highest BCUT2D eigenvalue weighted by Crippen LogP contribution is 2.19. The molecule has 1 saturated heterocycles. The molecule has 1 atom stereocenters. The Hall–Kier alpha value is -0.170. The molecular weight excluding hydrogens is 202 g/mol. The number of nitrogens with one attached hydrogen (secondary N) is 2. The minimum absolute atomic E-state index is 0.115. The molecule has 2 N–H and O–H groups in total. The van der Waals surface area contributed by atoms with E-state index in [1.54, 1.807) is 11.2 Å². The highest BCUT2D eigenvalue weighted by molar-refractivity contribution is 7.87. The zero-order chi connectivity index (χ0) is 10.6. The second-order valence-corrected chi connectivity index (χ2v) is 5.18. The van der Waals surface area contributed by atoms with E-state index in [1.807, 2.05) is 7.05 Å². The fourth-order valence-corrected chi connectivity index (χ4v) is 3.30. The van der Waals surface area contributed by atoms with E-state index in [0.29, 0.717) is 13.1 Å². The minimum Gasteiger partial charge on any atom is -0.318 e. The van der Waals surface area contributed by atoms with Gasteiger partial charge in [0.2, 0.25) is 0 Å². The lowest BCUT2D eigenvalue weighted by Crippen LogP contribution is -2.46. The second kappa shape index (κ2) is 5.06. The molecule has 1 rings (SSSR count). The predicted octanol–water partition coefficient (Wildman–Crippen LogP) is -0.475. The van der Waals surface area contributed by atoms with E-state index in [1.165, 1.54) is 0 Å². The van der Waals surface area contributed by atoms with Gasteiger partial charge < -0.3 is 5.32 Å². The Morgan fingerprint density at radius 1 is 1.50 bits per heavy atom. The van der Waals surface area contributed by atoms with Crippen LogP contribution in [0.15, 0.2) is 0 Å². The third-order valence-electron chi connectivity index (χ3n) is 2.40. The molecule has 1 heterocycles. The van der Waals surface area contributed by atoms with Gasteiger partial charge >= 0.3 is 0 Å². The summed E-state index contributed by atoms with van der Waals surface area (Å²) >= 11 is 0. The van der Waals surface area contributed by atoms with Gasteiger partial charge in [0.1, 0.15) is 0 Å². The SMILES string of the molecule is CCNS(=O)(=O)N1CCCC1CNC. The van der Waals surface area contributed by atoms with E-state index in [9.17, 15) is 8.42 Å². The van der Waals surface area contributed by atoms with E-state index in [-0.39, 0.29) is 6.04 Å². The summed E-state index contributed by atoms with van der Waals surface area (Å²) in [6, 6.07) is 0.115. The Labute approximate surface area is 86.0 Å². The first-order valence-corrected chi connectivity index (χ1v) is 6.47. The summed E-state index contributed by atoms with van der Waals surface area (Å²) in [6.07, 6.45) is 1.91. The Bertz CT molecular complexity index is 266. The van der Waals surface area contributed by atoms with Gasteiger partial charge in [-0.15, -0.1) is 0 Å². The molecule has 1 fully saturated rings. The maximum absolute atomic E-state index is 11.7. The van der Waals surface area contributed by atoms with Crippen molar-refractivity contribution >= 4 is 10.2 Å². The number of hydrogen-bond donors (Lipinski definition) is 2. The molecule has 0 spiro atoms. The van der Waals surface area contributed by atoms with Crippen LogP contribution in [0.2, 0.25) is 0 Å². The summed E-state index contributed by atoms with van der Waals surface area (Å²) in [6.45, 7) is 3.61. The largest absolute Gasteiger partial charge is 0.318 e. The third-order valence-corrected chi connectivity index (χ3v) is 4.15. The first-order valence-electron chi connectivity index (χ1n) is 5.03. The summed E-state index contributed by atoms with van der Waals surface area (Å²) in [7, 11) is -1.39. The van der Waals surface area contributed by atoms with E-state index in [2.05, 4.69) is 10.0 Å². The highest BCUT2D eigenvalue weighted by Gasteiger charge is 2.32. The van der Waals surface area contributed by atoms with Crippen molar-refractivity contribution in [3.05, 3.63) is 0 Å². The molecule has 0 saturated carbocycles. The van der Waals surface area contributed by atoms with Crippen molar-refractivity contribution in [2.24, 2.45) is 0 Å². The zero-order valence-corrected chi connectivity index (χ0v) is 9.60. The van der Waals surface area contributed by atoms with E-state index < -0.39 is 10.2 Å². The van der Waals surface area contributed by atoms with Crippen LogP contribution in [-0.2, 0) is 10.2 Å². The summed E-state index contributed by atoms with van der Waals surface area (Å²) in [5, 5.41) is 3.02. The molecule has 0 amide bonds. The van der Waals surface area contributed by atoms with Gasteiger partial charge in [0.15, 0.2) is 0 Å². The molecule has 1 unspecified atom stereocenters. The van der Waals surface area contributed by atoms with Gasteiger partial charge in [-0.05, 0) is 19.9 Å². The van der Waals surface area contributed by atoms with Crippen molar-refractivity contribution in [3.8, 4) is 0 Å². The molecular formula is C8H19N3O2S. The molecule has 5 nitrogen and oxygen atoms in total. The first kappa shape index (κ1) is 11.9. The van der Waals surface area contributed by atoms with Crippen LogP contribution >= 0.6 is 0 Å². The summed E-state index contributed by atoms with van der Waals surface area (Å²) in [5.41, 5.74) is 0. The third kappa shape index (κ3) is 2.66. The van der Waals surface area contributed by atoms with Gasteiger partial charge in [-0.1, -0.05) is 6.92 Å². The Morgan fingerprint density at radius 3 is 2.79 bits per heavy atom. The topological polar surface area (TPSA) is 61.4 Å². The van der Waals surface area contributed by atoms with Crippen LogP contribution in [0.25, 0.3) is 0 Å². The first-order chi connectivity index (χ1) is 6.61. The highest BCUT2D eigenvalue weighted by atomic mass is 32.2. The zero-order valence-electron chi connectivity index (χ0n) is 8.78. The van der Waals surface area contributed by atoms with Crippen LogP contribution in [0, 0.1) is 0 Å². The molecule has 1 aliphatic heterocycles. The van der Waals surface area contributed by atoms with Crippen molar-refractivity contribution in [2.45, 2.75) is 25.8 Å². The fraction of sp³-hybridized carbons (Fsp3) is 1.00. The molecule has 1 aliphatic rings. The monoisotopic (exact) mass is 221 g/mol.